The molecule has 0 radical (unpaired) electrons. The third-order valence-corrected chi connectivity index (χ3v) is 3.09. The molecule has 0 aliphatic carbocycles. The lowest BCUT2D eigenvalue weighted by Crippen LogP contribution is -2.43. The molecule has 6 nitrogen and oxygen atoms in total. The van der Waals surface area contributed by atoms with Gasteiger partial charge in [-0.15, -0.1) is 0 Å². The summed E-state index contributed by atoms with van der Waals surface area (Å²) in [5, 5.41) is 23.5. The fourth-order valence-corrected chi connectivity index (χ4v) is 2.08. The summed E-state index contributed by atoms with van der Waals surface area (Å²) in [5.74, 6) is -0.272. The lowest BCUT2D eigenvalue weighted by Gasteiger charge is -2.33. The molecular weight excluding hydrogens is 222 g/mol. The zero-order valence-corrected chi connectivity index (χ0v) is 9.59. The summed E-state index contributed by atoms with van der Waals surface area (Å²) in [5.41, 5.74) is 0.642. The predicted octanol–water partition coefficient (Wildman–Crippen LogP) is 0.876. The van der Waals surface area contributed by atoms with E-state index in [1.54, 1.807) is 6.07 Å². The summed E-state index contributed by atoms with van der Waals surface area (Å²) >= 11 is 0. The number of nitro groups is 1. The Hall–Kier alpha value is -1.66. The molecule has 0 bridgehead atoms. The Kier molecular flexibility index (Phi) is 3.26. The highest BCUT2D eigenvalue weighted by molar-refractivity contribution is 5.48. The summed E-state index contributed by atoms with van der Waals surface area (Å²) in [4.78, 5) is 12.2. The van der Waals surface area contributed by atoms with Crippen LogP contribution in [-0.4, -0.2) is 41.6 Å². The molecular formula is C11H15N3O3. The van der Waals surface area contributed by atoms with Crippen LogP contribution < -0.4 is 5.32 Å². The minimum absolute atomic E-state index is 0.149. The lowest BCUT2D eigenvalue weighted by atomic mass is 10.0. The molecule has 1 unspecified atom stereocenters. The summed E-state index contributed by atoms with van der Waals surface area (Å²) in [6.45, 7) is 2.64. The number of aromatic hydroxyl groups is 1. The van der Waals surface area contributed by atoms with Gasteiger partial charge in [0.15, 0.2) is 5.75 Å². The molecule has 6 heteroatoms. The number of nitro benzene ring substituents is 1. The number of nitrogens with zero attached hydrogens (tertiary/aromatic N) is 2. The van der Waals surface area contributed by atoms with Crippen molar-refractivity contribution in [3.05, 3.63) is 33.9 Å². The van der Waals surface area contributed by atoms with Gasteiger partial charge in [-0.25, -0.2) is 0 Å². The van der Waals surface area contributed by atoms with E-state index < -0.39 is 4.92 Å². The molecule has 2 rings (SSSR count). The van der Waals surface area contributed by atoms with Gasteiger partial charge in [0.25, 0.3) is 0 Å². The van der Waals surface area contributed by atoms with Crippen LogP contribution in [0.1, 0.15) is 11.6 Å². The third-order valence-electron chi connectivity index (χ3n) is 3.09. The molecule has 17 heavy (non-hydrogen) atoms. The van der Waals surface area contributed by atoms with E-state index in [0.717, 1.165) is 25.2 Å². The minimum atomic E-state index is -0.581. The van der Waals surface area contributed by atoms with Crippen LogP contribution >= 0.6 is 0 Å². The second-order valence-electron chi connectivity index (χ2n) is 4.21. The monoisotopic (exact) mass is 237 g/mol. The number of hydrogen-bond acceptors (Lipinski definition) is 5. The molecule has 0 spiro atoms. The predicted molar refractivity (Wildman–Crippen MR) is 63.0 cm³/mol. The molecule has 0 aromatic heterocycles. The molecule has 1 heterocycles. The fraction of sp³-hybridized carbons (Fsp3) is 0.455. The van der Waals surface area contributed by atoms with Crippen molar-refractivity contribution in [3.63, 3.8) is 0 Å². The van der Waals surface area contributed by atoms with Crippen LogP contribution in [0.5, 0.6) is 5.75 Å². The van der Waals surface area contributed by atoms with Crippen molar-refractivity contribution < 1.29 is 10.0 Å². The van der Waals surface area contributed by atoms with Crippen molar-refractivity contribution in [2.75, 3.05) is 26.7 Å². The molecule has 1 fully saturated rings. The van der Waals surface area contributed by atoms with Crippen LogP contribution in [0, 0.1) is 10.1 Å². The zero-order valence-electron chi connectivity index (χ0n) is 9.59. The summed E-state index contributed by atoms with van der Waals surface area (Å²) in [6, 6.07) is 4.68. The topological polar surface area (TPSA) is 78.6 Å². The van der Waals surface area contributed by atoms with E-state index in [1.165, 1.54) is 12.1 Å². The Bertz CT molecular complexity index is 436. The van der Waals surface area contributed by atoms with Crippen LogP contribution in [0.3, 0.4) is 0 Å². The van der Waals surface area contributed by atoms with Crippen molar-refractivity contribution in [3.8, 4) is 5.75 Å². The second kappa shape index (κ2) is 4.68. The molecule has 1 atom stereocenters. The fourth-order valence-electron chi connectivity index (χ4n) is 2.08. The van der Waals surface area contributed by atoms with Crippen molar-refractivity contribution in [1.82, 2.24) is 10.2 Å². The SMILES string of the molecule is CN1CCNCC1c1ccc([N+](=O)[O-])c(O)c1. The molecule has 1 aromatic rings. The standard InChI is InChI=1S/C11H15N3O3/c1-13-5-4-12-7-10(13)8-2-3-9(14(16)17)11(15)6-8/h2-3,6,10,12,15H,4-5,7H2,1H3. The Morgan fingerprint density at radius 1 is 1.59 bits per heavy atom. The first kappa shape index (κ1) is 11.8. The average Bonchev–Trinajstić information content (AvgIpc) is 2.29. The van der Waals surface area contributed by atoms with E-state index in [4.69, 9.17) is 0 Å². The maximum atomic E-state index is 10.6. The van der Waals surface area contributed by atoms with E-state index >= 15 is 0 Å². The number of piperazine rings is 1. The van der Waals surface area contributed by atoms with Gasteiger partial charge in [-0.2, -0.15) is 0 Å². The van der Waals surface area contributed by atoms with Crippen LogP contribution in [-0.2, 0) is 0 Å². The summed E-state index contributed by atoms with van der Waals surface area (Å²) in [7, 11) is 2.00. The van der Waals surface area contributed by atoms with Crippen LogP contribution in [0.25, 0.3) is 0 Å². The quantitative estimate of drug-likeness (QED) is 0.589. The van der Waals surface area contributed by atoms with Crippen LogP contribution in [0.4, 0.5) is 5.69 Å². The molecule has 1 aromatic carbocycles. The number of rotatable bonds is 2. The maximum absolute atomic E-state index is 10.6. The summed E-state index contributed by atoms with van der Waals surface area (Å²) in [6.07, 6.45) is 0. The van der Waals surface area contributed by atoms with Crippen LogP contribution in [0.2, 0.25) is 0 Å². The first-order valence-electron chi connectivity index (χ1n) is 5.48. The highest BCUT2D eigenvalue weighted by Crippen LogP contribution is 2.30. The normalized spacial score (nSPS) is 21.4. The number of phenols is 1. The maximum Gasteiger partial charge on any atom is 0.310 e. The van der Waals surface area contributed by atoms with Gasteiger partial charge >= 0.3 is 5.69 Å². The lowest BCUT2D eigenvalue weighted by molar-refractivity contribution is -0.385. The zero-order chi connectivity index (χ0) is 12.4. The van der Waals surface area contributed by atoms with Crippen molar-refractivity contribution >= 4 is 5.69 Å². The van der Waals surface area contributed by atoms with E-state index in [0.29, 0.717) is 0 Å². The van der Waals surface area contributed by atoms with E-state index in [-0.39, 0.29) is 17.5 Å². The molecule has 1 saturated heterocycles. The molecule has 92 valence electrons. The average molecular weight is 237 g/mol. The molecule has 1 aliphatic heterocycles. The van der Waals surface area contributed by atoms with Gasteiger partial charge in [-0.05, 0) is 18.7 Å². The van der Waals surface area contributed by atoms with Gasteiger partial charge in [0.1, 0.15) is 0 Å². The largest absolute Gasteiger partial charge is 0.502 e. The minimum Gasteiger partial charge on any atom is -0.502 e. The first-order valence-corrected chi connectivity index (χ1v) is 5.48. The van der Waals surface area contributed by atoms with Gasteiger partial charge in [0.2, 0.25) is 0 Å². The molecule has 2 N–H and O–H groups in total. The van der Waals surface area contributed by atoms with Crippen molar-refractivity contribution in [2.24, 2.45) is 0 Å². The van der Waals surface area contributed by atoms with Gasteiger partial charge in [-0.1, -0.05) is 6.07 Å². The van der Waals surface area contributed by atoms with Crippen LogP contribution in [0.15, 0.2) is 18.2 Å². The highest BCUT2D eigenvalue weighted by Gasteiger charge is 2.22. The first-order chi connectivity index (χ1) is 8.09. The molecule has 0 amide bonds. The van der Waals surface area contributed by atoms with E-state index in [2.05, 4.69) is 10.2 Å². The number of nitrogens with one attached hydrogen (secondary N) is 1. The number of hydrogen-bond donors (Lipinski definition) is 2. The summed E-state index contributed by atoms with van der Waals surface area (Å²) < 4.78 is 0. The van der Waals surface area contributed by atoms with Crippen molar-refractivity contribution in [1.29, 1.82) is 0 Å². The van der Waals surface area contributed by atoms with E-state index in [9.17, 15) is 15.2 Å². The Balaban J connectivity index is 2.27. The van der Waals surface area contributed by atoms with Gasteiger partial charge in [0, 0.05) is 31.7 Å². The smallest absolute Gasteiger partial charge is 0.310 e. The van der Waals surface area contributed by atoms with E-state index in [1.807, 2.05) is 7.05 Å². The Morgan fingerprint density at radius 2 is 2.35 bits per heavy atom. The second-order valence-corrected chi connectivity index (χ2v) is 4.21. The Labute approximate surface area is 99.0 Å². The van der Waals surface area contributed by atoms with Gasteiger partial charge < -0.3 is 10.4 Å². The van der Waals surface area contributed by atoms with Gasteiger partial charge in [-0.3, -0.25) is 15.0 Å². The molecule has 1 aliphatic rings. The third kappa shape index (κ3) is 2.37. The number of likely N-dealkylation sites (N-methyl/N-ethyl adjacent to an activating group) is 1. The highest BCUT2D eigenvalue weighted by atomic mass is 16.6. The number of benzene rings is 1. The van der Waals surface area contributed by atoms with Crippen molar-refractivity contribution in [2.45, 2.75) is 6.04 Å². The number of phenolic OH excluding ortho intramolecular Hbond substituents is 1. The van der Waals surface area contributed by atoms with Gasteiger partial charge in [0.05, 0.1) is 4.92 Å². The Morgan fingerprint density at radius 3 is 2.94 bits per heavy atom. The molecule has 0 saturated carbocycles.